The van der Waals surface area contributed by atoms with Crippen LogP contribution >= 0.6 is 0 Å². The summed E-state index contributed by atoms with van der Waals surface area (Å²) in [5, 5.41) is 6.18. The number of amides is 1. The van der Waals surface area contributed by atoms with E-state index < -0.39 is 0 Å². The van der Waals surface area contributed by atoms with Gasteiger partial charge in [0, 0.05) is 11.4 Å². The van der Waals surface area contributed by atoms with Crippen molar-refractivity contribution in [3.05, 3.63) is 95.6 Å². The highest BCUT2D eigenvalue weighted by atomic mass is 16.1. The topological polar surface area (TPSA) is 41.1 Å². The SMILES string of the molecule is Cc1cccc(NCC(=O)Nc2ccccc2Cc2ccccc2)c1. The van der Waals surface area contributed by atoms with E-state index in [1.807, 2.05) is 67.6 Å². The van der Waals surface area contributed by atoms with Crippen LogP contribution in [0.5, 0.6) is 0 Å². The van der Waals surface area contributed by atoms with Gasteiger partial charge in [0.1, 0.15) is 0 Å². The molecule has 1 amide bonds. The van der Waals surface area contributed by atoms with Crippen LogP contribution in [-0.4, -0.2) is 12.5 Å². The van der Waals surface area contributed by atoms with Crippen LogP contribution < -0.4 is 10.6 Å². The molecule has 0 spiro atoms. The lowest BCUT2D eigenvalue weighted by molar-refractivity contribution is -0.114. The van der Waals surface area contributed by atoms with Crippen molar-refractivity contribution in [3.63, 3.8) is 0 Å². The van der Waals surface area contributed by atoms with E-state index in [-0.39, 0.29) is 12.5 Å². The van der Waals surface area contributed by atoms with E-state index in [0.29, 0.717) is 0 Å². The number of carbonyl (C=O) groups is 1. The van der Waals surface area contributed by atoms with E-state index in [2.05, 4.69) is 28.8 Å². The average molecular weight is 330 g/mol. The van der Waals surface area contributed by atoms with Crippen molar-refractivity contribution in [2.24, 2.45) is 0 Å². The molecular formula is C22H22N2O. The summed E-state index contributed by atoms with van der Waals surface area (Å²) in [7, 11) is 0. The van der Waals surface area contributed by atoms with Crippen LogP contribution in [0.3, 0.4) is 0 Å². The molecule has 3 aromatic carbocycles. The van der Waals surface area contributed by atoms with Gasteiger partial charge in [-0.25, -0.2) is 0 Å². The molecule has 0 aliphatic rings. The van der Waals surface area contributed by atoms with Crippen molar-refractivity contribution in [1.82, 2.24) is 0 Å². The summed E-state index contributed by atoms with van der Waals surface area (Å²) >= 11 is 0. The zero-order valence-corrected chi connectivity index (χ0v) is 14.3. The molecule has 126 valence electrons. The molecule has 3 nitrogen and oxygen atoms in total. The highest BCUT2D eigenvalue weighted by molar-refractivity contribution is 5.94. The minimum Gasteiger partial charge on any atom is -0.376 e. The summed E-state index contributed by atoms with van der Waals surface area (Å²) < 4.78 is 0. The van der Waals surface area contributed by atoms with Gasteiger partial charge in [0.05, 0.1) is 6.54 Å². The number of carbonyl (C=O) groups excluding carboxylic acids is 1. The standard InChI is InChI=1S/C22H22N2O/c1-17-8-7-12-20(14-17)23-16-22(25)24-21-13-6-5-11-19(21)15-18-9-3-2-4-10-18/h2-14,23H,15-16H2,1H3,(H,24,25). The zero-order valence-electron chi connectivity index (χ0n) is 14.3. The lowest BCUT2D eigenvalue weighted by atomic mass is 10.0. The van der Waals surface area contributed by atoms with Crippen LogP contribution in [0.2, 0.25) is 0 Å². The molecule has 3 aromatic rings. The summed E-state index contributed by atoms with van der Waals surface area (Å²) in [6.07, 6.45) is 0.794. The second-order valence-electron chi connectivity index (χ2n) is 6.09. The van der Waals surface area contributed by atoms with Crippen LogP contribution in [0.25, 0.3) is 0 Å². The fourth-order valence-corrected chi connectivity index (χ4v) is 2.74. The quantitative estimate of drug-likeness (QED) is 0.691. The van der Waals surface area contributed by atoms with E-state index >= 15 is 0 Å². The summed E-state index contributed by atoms with van der Waals surface area (Å²) in [5.41, 5.74) is 5.31. The highest BCUT2D eigenvalue weighted by Gasteiger charge is 2.07. The summed E-state index contributed by atoms with van der Waals surface area (Å²) in [4.78, 5) is 12.3. The number of anilines is 2. The Balaban J connectivity index is 1.63. The Morgan fingerprint density at radius 3 is 2.44 bits per heavy atom. The first kappa shape index (κ1) is 16.8. The van der Waals surface area contributed by atoms with E-state index in [1.54, 1.807) is 0 Å². The van der Waals surface area contributed by atoms with Gasteiger partial charge in [0.15, 0.2) is 0 Å². The van der Waals surface area contributed by atoms with Gasteiger partial charge >= 0.3 is 0 Å². The molecule has 0 aliphatic heterocycles. The van der Waals surface area contributed by atoms with Crippen molar-refractivity contribution in [2.75, 3.05) is 17.2 Å². The zero-order chi connectivity index (χ0) is 17.5. The molecule has 0 atom stereocenters. The smallest absolute Gasteiger partial charge is 0.243 e. The minimum atomic E-state index is -0.0537. The Morgan fingerprint density at radius 2 is 1.64 bits per heavy atom. The van der Waals surface area contributed by atoms with Gasteiger partial charge in [-0.3, -0.25) is 4.79 Å². The maximum Gasteiger partial charge on any atom is 0.243 e. The summed E-state index contributed by atoms with van der Waals surface area (Å²) in [6, 6.07) is 26.2. The monoisotopic (exact) mass is 330 g/mol. The molecule has 3 rings (SSSR count). The molecule has 0 unspecified atom stereocenters. The Kier molecular flexibility index (Phi) is 5.47. The summed E-state index contributed by atoms with van der Waals surface area (Å²) in [5.74, 6) is -0.0537. The van der Waals surface area contributed by atoms with Gasteiger partial charge in [-0.05, 0) is 48.2 Å². The van der Waals surface area contributed by atoms with Crippen molar-refractivity contribution >= 4 is 17.3 Å². The number of para-hydroxylation sites is 1. The lowest BCUT2D eigenvalue weighted by Gasteiger charge is -2.12. The molecule has 3 heteroatoms. The molecule has 0 radical (unpaired) electrons. The first-order valence-electron chi connectivity index (χ1n) is 8.43. The first-order chi connectivity index (χ1) is 12.2. The van der Waals surface area contributed by atoms with E-state index in [4.69, 9.17) is 0 Å². The molecule has 0 aromatic heterocycles. The molecule has 25 heavy (non-hydrogen) atoms. The van der Waals surface area contributed by atoms with E-state index in [1.165, 1.54) is 11.1 Å². The predicted molar refractivity (Wildman–Crippen MR) is 104 cm³/mol. The van der Waals surface area contributed by atoms with Gasteiger partial charge in [-0.1, -0.05) is 60.7 Å². The van der Waals surface area contributed by atoms with Crippen molar-refractivity contribution < 1.29 is 4.79 Å². The van der Waals surface area contributed by atoms with Gasteiger partial charge < -0.3 is 10.6 Å². The number of benzene rings is 3. The van der Waals surface area contributed by atoms with E-state index in [9.17, 15) is 4.79 Å². The van der Waals surface area contributed by atoms with Crippen molar-refractivity contribution in [2.45, 2.75) is 13.3 Å². The van der Waals surface area contributed by atoms with Crippen LogP contribution in [0, 0.1) is 6.92 Å². The molecule has 2 N–H and O–H groups in total. The Morgan fingerprint density at radius 1 is 0.880 bits per heavy atom. The second-order valence-corrected chi connectivity index (χ2v) is 6.09. The van der Waals surface area contributed by atoms with Crippen molar-refractivity contribution in [3.8, 4) is 0 Å². The molecule has 0 fully saturated rings. The number of aryl methyl sites for hydroxylation is 1. The fraction of sp³-hybridized carbons (Fsp3) is 0.136. The highest BCUT2D eigenvalue weighted by Crippen LogP contribution is 2.19. The van der Waals surface area contributed by atoms with Gasteiger partial charge in [0.25, 0.3) is 0 Å². The molecule has 0 heterocycles. The molecular weight excluding hydrogens is 308 g/mol. The lowest BCUT2D eigenvalue weighted by Crippen LogP contribution is -2.22. The van der Waals surface area contributed by atoms with E-state index in [0.717, 1.165) is 23.4 Å². The maximum absolute atomic E-state index is 12.3. The number of nitrogens with one attached hydrogen (secondary N) is 2. The number of hydrogen-bond acceptors (Lipinski definition) is 2. The van der Waals surface area contributed by atoms with Crippen LogP contribution in [0.1, 0.15) is 16.7 Å². The summed E-state index contributed by atoms with van der Waals surface area (Å²) in [6.45, 7) is 2.27. The molecule has 0 bridgehead atoms. The number of hydrogen-bond donors (Lipinski definition) is 2. The average Bonchev–Trinajstić information content (AvgIpc) is 2.63. The first-order valence-corrected chi connectivity index (χ1v) is 8.43. The normalized spacial score (nSPS) is 10.3. The van der Waals surface area contributed by atoms with Gasteiger partial charge in [-0.2, -0.15) is 0 Å². The van der Waals surface area contributed by atoms with Gasteiger partial charge in [-0.15, -0.1) is 0 Å². The number of rotatable bonds is 6. The maximum atomic E-state index is 12.3. The third kappa shape index (κ3) is 4.95. The molecule has 0 aliphatic carbocycles. The van der Waals surface area contributed by atoms with Crippen LogP contribution in [0.4, 0.5) is 11.4 Å². The fourth-order valence-electron chi connectivity index (χ4n) is 2.74. The largest absolute Gasteiger partial charge is 0.376 e. The minimum absolute atomic E-state index is 0.0537. The Bertz CT molecular complexity index is 843. The Hall–Kier alpha value is -3.07. The Labute approximate surface area is 148 Å². The molecule has 0 saturated heterocycles. The third-order valence-electron chi connectivity index (χ3n) is 4.00. The third-order valence-corrected chi connectivity index (χ3v) is 4.00. The molecule has 0 saturated carbocycles. The van der Waals surface area contributed by atoms with Crippen LogP contribution in [-0.2, 0) is 11.2 Å². The van der Waals surface area contributed by atoms with Crippen LogP contribution in [0.15, 0.2) is 78.9 Å². The van der Waals surface area contributed by atoms with Crippen molar-refractivity contribution in [1.29, 1.82) is 0 Å². The second kappa shape index (κ2) is 8.15. The van der Waals surface area contributed by atoms with Gasteiger partial charge in [0.2, 0.25) is 5.91 Å². The predicted octanol–water partition coefficient (Wildman–Crippen LogP) is 4.64.